The van der Waals surface area contributed by atoms with Crippen LogP contribution in [0.4, 0.5) is 9.18 Å². The molecule has 0 N–H and O–H groups in total. The van der Waals surface area contributed by atoms with E-state index in [1.165, 1.54) is 49.6 Å². The predicted molar refractivity (Wildman–Crippen MR) is 140 cm³/mol. The highest BCUT2D eigenvalue weighted by atomic mass is 35.5. The van der Waals surface area contributed by atoms with Crippen LogP contribution in [0.25, 0.3) is 6.08 Å². The molecule has 192 valence electrons. The van der Waals surface area contributed by atoms with E-state index in [-0.39, 0.29) is 37.9 Å². The number of methoxy groups -OCH3 is 1. The predicted octanol–water partition coefficient (Wildman–Crippen LogP) is 6.45. The standard InChI is InChI=1S/C25H18Cl2FNO6S2/c1-14-3-7-18(8-4-14)37(32,33)35-23-20(27)9-15(10-21(23)34-2)11-22-24(30)29(25(31)36-22)13-16-5-6-17(28)12-19(16)26/h3-12H,13H2,1-2H3/b22-11-. The minimum Gasteiger partial charge on any atom is -0.493 e. The Balaban J connectivity index is 1.60. The van der Waals surface area contributed by atoms with Crippen molar-refractivity contribution in [3.05, 3.63) is 92.1 Å². The highest BCUT2D eigenvalue weighted by Gasteiger charge is 2.35. The van der Waals surface area contributed by atoms with Crippen molar-refractivity contribution in [2.45, 2.75) is 18.4 Å². The molecule has 12 heteroatoms. The Kier molecular flexibility index (Phi) is 7.84. The summed E-state index contributed by atoms with van der Waals surface area (Å²) in [7, 11) is -2.90. The largest absolute Gasteiger partial charge is 0.493 e. The Hall–Kier alpha value is -3.05. The fourth-order valence-electron chi connectivity index (χ4n) is 3.37. The number of hydrogen-bond donors (Lipinski definition) is 0. The first kappa shape index (κ1) is 27.0. The van der Waals surface area contributed by atoms with Crippen molar-refractivity contribution in [2.24, 2.45) is 0 Å². The number of carbonyl (C=O) groups is 2. The Morgan fingerprint density at radius 2 is 1.73 bits per heavy atom. The first-order valence-electron chi connectivity index (χ1n) is 10.6. The number of ether oxygens (including phenoxy) is 1. The molecule has 7 nitrogen and oxygen atoms in total. The van der Waals surface area contributed by atoms with Crippen LogP contribution in [0.15, 0.2) is 64.4 Å². The smallest absolute Gasteiger partial charge is 0.339 e. The fraction of sp³-hybridized carbons (Fsp3) is 0.120. The van der Waals surface area contributed by atoms with Gasteiger partial charge in [-0.3, -0.25) is 14.5 Å². The lowest BCUT2D eigenvalue weighted by atomic mass is 10.1. The molecule has 0 radical (unpaired) electrons. The van der Waals surface area contributed by atoms with Gasteiger partial charge >= 0.3 is 10.1 Å². The van der Waals surface area contributed by atoms with Crippen LogP contribution in [0, 0.1) is 12.7 Å². The third kappa shape index (κ3) is 5.93. The van der Waals surface area contributed by atoms with Crippen molar-refractivity contribution in [3.8, 4) is 11.5 Å². The van der Waals surface area contributed by atoms with Gasteiger partial charge in [-0.1, -0.05) is 47.0 Å². The van der Waals surface area contributed by atoms with Crippen LogP contribution in [-0.4, -0.2) is 31.6 Å². The molecule has 0 aromatic heterocycles. The van der Waals surface area contributed by atoms with Crippen LogP contribution in [-0.2, 0) is 21.5 Å². The Bertz CT molecular complexity index is 1540. The molecule has 1 fully saturated rings. The maximum atomic E-state index is 13.3. The van der Waals surface area contributed by atoms with Crippen molar-refractivity contribution in [2.75, 3.05) is 7.11 Å². The molecule has 1 saturated heterocycles. The summed E-state index contributed by atoms with van der Waals surface area (Å²) in [5, 5.41) is -0.520. The van der Waals surface area contributed by atoms with E-state index in [1.807, 2.05) is 6.92 Å². The van der Waals surface area contributed by atoms with Gasteiger partial charge in [0.2, 0.25) is 5.75 Å². The van der Waals surface area contributed by atoms with E-state index in [2.05, 4.69) is 0 Å². The molecule has 0 aliphatic carbocycles. The maximum absolute atomic E-state index is 13.3. The van der Waals surface area contributed by atoms with Crippen LogP contribution >= 0.6 is 35.0 Å². The summed E-state index contributed by atoms with van der Waals surface area (Å²) in [5.74, 6) is -1.33. The average molecular weight is 582 g/mol. The topological polar surface area (TPSA) is 90.0 Å². The van der Waals surface area contributed by atoms with Crippen LogP contribution < -0.4 is 8.92 Å². The molecule has 0 unspecified atom stereocenters. The molecule has 0 bridgehead atoms. The number of halogens is 3. The number of carbonyl (C=O) groups excluding carboxylic acids is 2. The molecule has 1 aliphatic rings. The second-order valence-electron chi connectivity index (χ2n) is 7.89. The molecular weight excluding hydrogens is 564 g/mol. The number of rotatable bonds is 7. The SMILES string of the molecule is COc1cc(/C=C2\SC(=O)N(Cc3ccc(F)cc3Cl)C2=O)cc(Cl)c1OS(=O)(=O)c1ccc(C)cc1. The van der Waals surface area contributed by atoms with Crippen LogP contribution in [0.1, 0.15) is 16.7 Å². The highest BCUT2D eigenvalue weighted by molar-refractivity contribution is 8.18. The summed E-state index contributed by atoms with van der Waals surface area (Å²) in [5.41, 5.74) is 1.66. The minimum atomic E-state index is -4.20. The molecule has 2 amide bonds. The molecule has 0 atom stereocenters. The third-order valence-electron chi connectivity index (χ3n) is 5.27. The summed E-state index contributed by atoms with van der Waals surface area (Å²) in [4.78, 5) is 26.4. The monoisotopic (exact) mass is 581 g/mol. The number of nitrogens with zero attached hydrogens (tertiary/aromatic N) is 1. The molecule has 4 rings (SSSR count). The quantitative estimate of drug-likeness (QED) is 0.234. The summed E-state index contributed by atoms with van der Waals surface area (Å²) < 4.78 is 49.3. The van der Waals surface area contributed by atoms with Crippen molar-refractivity contribution in [3.63, 3.8) is 0 Å². The molecule has 0 saturated carbocycles. The van der Waals surface area contributed by atoms with Gasteiger partial charge in [0.05, 0.1) is 23.6 Å². The van der Waals surface area contributed by atoms with Gasteiger partial charge in [-0.25, -0.2) is 4.39 Å². The van der Waals surface area contributed by atoms with Gasteiger partial charge in [-0.15, -0.1) is 0 Å². The van der Waals surface area contributed by atoms with Crippen molar-refractivity contribution in [1.82, 2.24) is 4.90 Å². The number of imide groups is 1. The Morgan fingerprint density at radius 1 is 1.03 bits per heavy atom. The number of hydrogen-bond acceptors (Lipinski definition) is 7. The Labute approximate surface area is 226 Å². The van der Waals surface area contributed by atoms with E-state index in [1.54, 1.807) is 12.1 Å². The molecule has 0 spiro atoms. The zero-order valence-electron chi connectivity index (χ0n) is 19.3. The number of benzene rings is 3. The second kappa shape index (κ2) is 10.7. The molecule has 3 aromatic carbocycles. The van der Waals surface area contributed by atoms with Gasteiger partial charge in [0.15, 0.2) is 5.75 Å². The van der Waals surface area contributed by atoms with E-state index in [9.17, 15) is 22.4 Å². The van der Waals surface area contributed by atoms with Crippen molar-refractivity contribution >= 4 is 62.3 Å². The van der Waals surface area contributed by atoms with Gasteiger partial charge in [0.1, 0.15) is 10.7 Å². The first-order valence-corrected chi connectivity index (χ1v) is 13.5. The summed E-state index contributed by atoms with van der Waals surface area (Å²) in [6, 6.07) is 12.6. The van der Waals surface area contributed by atoms with Crippen molar-refractivity contribution in [1.29, 1.82) is 0 Å². The summed E-state index contributed by atoms with van der Waals surface area (Å²) in [6.07, 6.45) is 1.42. The molecule has 1 heterocycles. The molecule has 3 aromatic rings. The minimum absolute atomic E-state index is 0.00626. The normalized spacial score (nSPS) is 14.9. The molecular formula is C25H18Cl2FNO6S2. The molecule has 37 heavy (non-hydrogen) atoms. The van der Waals surface area contributed by atoms with Crippen LogP contribution in [0.2, 0.25) is 10.0 Å². The third-order valence-corrected chi connectivity index (χ3v) is 8.04. The number of amides is 2. The summed E-state index contributed by atoms with van der Waals surface area (Å²) >= 11 is 13.1. The second-order valence-corrected chi connectivity index (χ2v) is 11.2. The lowest BCUT2D eigenvalue weighted by Gasteiger charge is -2.14. The average Bonchev–Trinajstić information content (AvgIpc) is 3.09. The van der Waals surface area contributed by atoms with Gasteiger partial charge in [0.25, 0.3) is 11.1 Å². The fourth-order valence-corrected chi connectivity index (χ4v) is 5.70. The first-order chi connectivity index (χ1) is 17.5. The maximum Gasteiger partial charge on any atom is 0.339 e. The zero-order chi connectivity index (χ0) is 26.9. The summed E-state index contributed by atoms with van der Waals surface area (Å²) in [6.45, 7) is 1.69. The van der Waals surface area contributed by atoms with E-state index < -0.39 is 27.1 Å². The van der Waals surface area contributed by atoms with Crippen LogP contribution in [0.3, 0.4) is 0 Å². The van der Waals surface area contributed by atoms with Crippen molar-refractivity contribution < 1.29 is 31.3 Å². The Morgan fingerprint density at radius 3 is 2.38 bits per heavy atom. The van der Waals surface area contributed by atoms with E-state index >= 15 is 0 Å². The highest BCUT2D eigenvalue weighted by Crippen LogP contribution is 2.40. The van der Waals surface area contributed by atoms with Crippen LogP contribution in [0.5, 0.6) is 11.5 Å². The number of thioether (sulfide) groups is 1. The molecule has 1 aliphatic heterocycles. The lowest BCUT2D eigenvalue weighted by Crippen LogP contribution is -2.27. The lowest BCUT2D eigenvalue weighted by molar-refractivity contribution is -0.123. The van der Waals surface area contributed by atoms with Gasteiger partial charge in [-0.2, -0.15) is 8.42 Å². The van der Waals surface area contributed by atoms with Gasteiger partial charge in [0, 0.05) is 5.02 Å². The van der Waals surface area contributed by atoms with E-state index in [0.717, 1.165) is 16.5 Å². The van der Waals surface area contributed by atoms with E-state index in [0.29, 0.717) is 22.9 Å². The number of aryl methyl sites for hydroxylation is 1. The van der Waals surface area contributed by atoms with Gasteiger partial charge < -0.3 is 8.92 Å². The van der Waals surface area contributed by atoms with Gasteiger partial charge in [-0.05, 0) is 72.3 Å². The zero-order valence-corrected chi connectivity index (χ0v) is 22.5. The van der Waals surface area contributed by atoms with E-state index in [4.69, 9.17) is 32.1 Å².